The zero-order valence-corrected chi connectivity index (χ0v) is 12.6. The van der Waals surface area contributed by atoms with E-state index in [-0.39, 0.29) is 18.2 Å². The van der Waals surface area contributed by atoms with Crippen LogP contribution in [0.1, 0.15) is 64.7 Å². The third kappa shape index (κ3) is 13.0. The Kier molecular flexibility index (Phi) is 15.0. The van der Waals surface area contributed by atoms with Crippen molar-refractivity contribution < 1.29 is 0 Å². The van der Waals surface area contributed by atoms with Crippen molar-refractivity contribution in [1.29, 1.82) is 0 Å². The second kappa shape index (κ2) is 14.0. The van der Waals surface area contributed by atoms with Crippen LogP contribution in [0.25, 0.3) is 0 Å². The summed E-state index contributed by atoms with van der Waals surface area (Å²) in [7, 11) is 0. The van der Waals surface area contributed by atoms with Crippen LogP contribution in [0.3, 0.4) is 0 Å². The molecule has 0 nitrogen and oxygen atoms in total. The second-order valence-electron chi connectivity index (χ2n) is 3.89. The maximum absolute atomic E-state index is 3.52. The minimum Gasteiger partial charge on any atom is -0.297 e. The highest BCUT2D eigenvalue weighted by Crippen LogP contribution is 2.09. The molecule has 0 fully saturated rings. The predicted octanol–water partition coefficient (Wildman–Crippen LogP) is 5.05. The standard InChI is InChI=1S/C12H23.BrH.Mg/c1-3-5-7-9-11-12-10-8-6-4-2;;/h1,3H,4-12H2,2H3;1H;/q;;+1/p-1. The summed E-state index contributed by atoms with van der Waals surface area (Å²) in [4.78, 5) is 0. The molecule has 0 amide bonds. The van der Waals surface area contributed by atoms with E-state index in [1.165, 1.54) is 57.8 Å². The van der Waals surface area contributed by atoms with Gasteiger partial charge in [0.2, 0.25) is 0 Å². The molecule has 14 heavy (non-hydrogen) atoms. The lowest BCUT2D eigenvalue weighted by atomic mass is 10.1. The highest BCUT2D eigenvalue weighted by Gasteiger charge is 1.90. The van der Waals surface area contributed by atoms with Gasteiger partial charge in [-0.1, -0.05) is 51.9 Å². The Balaban J connectivity index is 2.88. The summed E-state index contributed by atoms with van der Waals surface area (Å²) < 4.78 is 2.33. The zero-order chi connectivity index (χ0) is 10.5. The Bertz CT molecular complexity index is 123. The van der Waals surface area contributed by atoms with Gasteiger partial charge in [-0.2, -0.15) is 4.21 Å². The maximum Gasteiger partial charge on any atom is 0.498 e. The third-order valence-electron chi connectivity index (χ3n) is 2.48. The molecule has 0 atom stereocenters. The molecular weight excluding hydrogens is 248 g/mol. The molecular formula is C12H23BrMg. The van der Waals surface area contributed by atoms with Gasteiger partial charge in [0, 0.05) is 0 Å². The first-order chi connectivity index (χ1) is 6.91. The first-order valence-corrected chi connectivity index (χ1v) is 10.8. The van der Waals surface area contributed by atoms with Gasteiger partial charge in [-0.15, -0.1) is 6.08 Å². The molecule has 0 bridgehead atoms. The van der Waals surface area contributed by atoms with Crippen molar-refractivity contribution in [3.63, 3.8) is 0 Å². The van der Waals surface area contributed by atoms with E-state index >= 15 is 0 Å². The first kappa shape index (κ1) is 15.0. The Hall–Kier alpha value is 0.986. The lowest BCUT2D eigenvalue weighted by Crippen LogP contribution is -1.80. The summed E-state index contributed by atoms with van der Waals surface area (Å²) >= 11 is 3.51. The molecule has 0 aromatic heterocycles. The molecule has 0 aromatic rings. The number of rotatable bonds is 10. The first-order valence-electron chi connectivity index (χ1n) is 6.12. The minimum absolute atomic E-state index is 0.00762. The molecule has 0 radical (unpaired) electrons. The van der Waals surface area contributed by atoms with Gasteiger partial charge in [0.05, 0.1) is 0 Å². The molecule has 0 aliphatic heterocycles. The molecule has 0 rings (SSSR count). The second-order valence-corrected chi connectivity index (χ2v) is 6.61. The van der Waals surface area contributed by atoms with Crippen LogP contribution in [0.4, 0.5) is 0 Å². The van der Waals surface area contributed by atoms with Crippen molar-refractivity contribution in [1.82, 2.24) is 0 Å². The van der Waals surface area contributed by atoms with Crippen molar-refractivity contribution in [2.24, 2.45) is 0 Å². The smallest absolute Gasteiger partial charge is 0.297 e. The van der Waals surface area contributed by atoms with Gasteiger partial charge in [-0.05, 0) is 12.8 Å². The van der Waals surface area contributed by atoms with Crippen LogP contribution in [0.15, 0.2) is 10.3 Å². The van der Waals surface area contributed by atoms with Crippen molar-refractivity contribution in [3.8, 4) is 0 Å². The summed E-state index contributed by atoms with van der Waals surface area (Å²) in [6.07, 6.45) is 15.1. The Morgan fingerprint density at radius 3 is 2.07 bits per heavy atom. The quantitative estimate of drug-likeness (QED) is 0.385. The van der Waals surface area contributed by atoms with E-state index in [0.29, 0.717) is 0 Å². The van der Waals surface area contributed by atoms with E-state index in [1.54, 1.807) is 0 Å². The highest BCUT2D eigenvalue weighted by molar-refractivity contribution is 9.23. The third-order valence-corrected chi connectivity index (χ3v) is 4.11. The van der Waals surface area contributed by atoms with Gasteiger partial charge in [0.15, 0.2) is 0 Å². The van der Waals surface area contributed by atoms with E-state index in [2.05, 4.69) is 30.1 Å². The van der Waals surface area contributed by atoms with Gasteiger partial charge in [-0.3, -0.25) is 12.9 Å². The Labute approximate surface area is 106 Å². The molecule has 0 aliphatic carbocycles. The molecule has 0 saturated heterocycles. The summed E-state index contributed by atoms with van der Waals surface area (Å²) in [5, 5.41) is 0. The van der Waals surface area contributed by atoms with Crippen LogP contribution in [0.5, 0.6) is 0 Å². The number of hydrogen-bond acceptors (Lipinski definition) is 0. The molecule has 0 spiro atoms. The SMILES string of the molecule is CCCCCCCCCCC=[CH][Mg][Br]. The molecule has 0 N–H and O–H groups in total. The van der Waals surface area contributed by atoms with Gasteiger partial charge >= 0.3 is 18.2 Å². The van der Waals surface area contributed by atoms with E-state index in [4.69, 9.17) is 0 Å². The summed E-state index contributed by atoms with van der Waals surface area (Å²) in [6, 6.07) is 0. The fourth-order valence-corrected chi connectivity index (χ4v) is 2.73. The normalized spacial score (nSPS) is 10.7. The van der Waals surface area contributed by atoms with Crippen LogP contribution >= 0.6 is 12.9 Å². The number of halogens is 1. The minimum atomic E-state index is -0.00762. The van der Waals surface area contributed by atoms with E-state index in [1.807, 2.05) is 0 Å². The molecule has 0 saturated carbocycles. The Morgan fingerprint density at radius 2 is 1.50 bits per heavy atom. The van der Waals surface area contributed by atoms with E-state index < -0.39 is 0 Å². The number of allylic oxidation sites excluding steroid dienone is 1. The van der Waals surface area contributed by atoms with E-state index in [9.17, 15) is 0 Å². The van der Waals surface area contributed by atoms with Crippen molar-refractivity contribution in [2.45, 2.75) is 64.7 Å². The lowest BCUT2D eigenvalue weighted by molar-refractivity contribution is 0.577. The number of hydrogen-bond donors (Lipinski definition) is 0. The van der Waals surface area contributed by atoms with Crippen LogP contribution in [-0.4, -0.2) is 18.2 Å². The highest BCUT2D eigenvalue weighted by atomic mass is 79.9. The van der Waals surface area contributed by atoms with Crippen LogP contribution < -0.4 is 0 Å². The summed E-state index contributed by atoms with van der Waals surface area (Å²) in [5.41, 5.74) is 0. The lowest BCUT2D eigenvalue weighted by Gasteiger charge is -1.99. The van der Waals surface area contributed by atoms with Gasteiger partial charge in [-0.25, -0.2) is 0 Å². The van der Waals surface area contributed by atoms with Crippen LogP contribution in [-0.2, 0) is 0 Å². The molecule has 80 valence electrons. The molecule has 0 aromatic carbocycles. The fourth-order valence-electron chi connectivity index (χ4n) is 1.58. The van der Waals surface area contributed by atoms with Crippen LogP contribution in [0.2, 0.25) is 0 Å². The largest absolute Gasteiger partial charge is 0.498 e. The van der Waals surface area contributed by atoms with Crippen molar-refractivity contribution in [2.75, 3.05) is 0 Å². The molecule has 2 heteroatoms. The summed E-state index contributed by atoms with van der Waals surface area (Å²) in [5.74, 6) is 0. The topological polar surface area (TPSA) is 0 Å². The average Bonchev–Trinajstić information content (AvgIpc) is 2.21. The van der Waals surface area contributed by atoms with Gasteiger partial charge in [0.1, 0.15) is 0 Å². The summed E-state index contributed by atoms with van der Waals surface area (Å²) in [6.45, 7) is 2.28. The van der Waals surface area contributed by atoms with Crippen LogP contribution in [0, 0.1) is 0 Å². The van der Waals surface area contributed by atoms with Gasteiger partial charge < -0.3 is 0 Å². The van der Waals surface area contributed by atoms with Crippen molar-refractivity contribution >= 4 is 31.1 Å². The molecule has 0 unspecified atom stereocenters. The monoisotopic (exact) mass is 270 g/mol. The molecule has 0 aliphatic rings. The fraction of sp³-hybridized carbons (Fsp3) is 0.833. The van der Waals surface area contributed by atoms with Gasteiger partial charge in [0.25, 0.3) is 0 Å². The zero-order valence-electron chi connectivity index (χ0n) is 9.60. The van der Waals surface area contributed by atoms with E-state index in [0.717, 1.165) is 0 Å². The molecule has 0 heterocycles. The maximum atomic E-state index is 3.52. The van der Waals surface area contributed by atoms with Crippen molar-refractivity contribution in [3.05, 3.63) is 10.3 Å². The number of unbranched alkanes of at least 4 members (excludes halogenated alkanes) is 8. The Morgan fingerprint density at radius 1 is 0.929 bits per heavy atom. The predicted molar refractivity (Wildman–Crippen MR) is 71.0 cm³/mol. The average molecular weight is 272 g/mol.